The number of hydrogen-bond acceptors (Lipinski definition) is 4. The summed E-state index contributed by atoms with van der Waals surface area (Å²) in [6, 6.07) is 10.4. The molecule has 2 aliphatic rings. The van der Waals surface area contributed by atoms with Crippen molar-refractivity contribution in [2.45, 2.75) is 24.9 Å². The molecule has 0 aliphatic carbocycles. The topological polar surface area (TPSA) is 77.6 Å². The predicted molar refractivity (Wildman–Crippen MR) is 109 cm³/mol. The van der Waals surface area contributed by atoms with Crippen LogP contribution in [0.4, 0.5) is 16.3 Å². The quantitative estimate of drug-likeness (QED) is 0.829. The van der Waals surface area contributed by atoms with E-state index >= 15 is 0 Å². The molecule has 1 aromatic heterocycles. The number of halogens is 1. The zero-order valence-corrected chi connectivity index (χ0v) is 16.3. The number of nitrogens with zero attached hydrogens (tertiary/aromatic N) is 3. The first-order valence-corrected chi connectivity index (χ1v) is 9.68. The van der Waals surface area contributed by atoms with E-state index in [0.29, 0.717) is 18.0 Å². The molecule has 0 bridgehead atoms. The molecule has 0 radical (unpaired) electrons. The molecule has 2 unspecified atom stereocenters. The summed E-state index contributed by atoms with van der Waals surface area (Å²) in [6.45, 7) is 1.39. The molecule has 0 saturated carbocycles. The number of rotatable bonds is 3. The minimum atomic E-state index is -0.567. The van der Waals surface area contributed by atoms with Gasteiger partial charge in [-0.2, -0.15) is 0 Å². The number of pyridine rings is 1. The molecule has 1 saturated heterocycles. The average molecular weight is 400 g/mol. The number of hydrogen-bond donors (Lipinski definition) is 2. The number of para-hydroxylation sites is 1. The number of amides is 3. The molecule has 0 spiro atoms. The highest BCUT2D eigenvalue weighted by molar-refractivity contribution is 6.32. The van der Waals surface area contributed by atoms with Crippen molar-refractivity contribution < 1.29 is 9.59 Å². The third-order valence-corrected chi connectivity index (χ3v) is 5.57. The summed E-state index contributed by atoms with van der Waals surface area (Å²) in [5.74, 6) is 0.622. The van der Waals surface area contributed by atoms with Gasteiger partial charge in [0.2, 0.25) is 5.91 Å². The molecule has 28 heavy (non-hydrogen) atoms. The van der Waals surface area contributed by atoms with Crippen LogP contribution in [0.1, 0.15) is 12.0 Å². The van der Waals surface area contributed by atoms with E-state index in [9.17, 15) is 9.59 Å². The lowest BCUT2D eigenvalue weighted by atomic mass is 9.98. The first kappa shape index (κ1) is 18.6. The van der Waals surface area contributed by atoms with Gasteiger partial charge >= 0.3 is 6.03 Å². The second-order valence-electron chi connectivity index (χ2n) is 7.14. The standard InChI is InChI=1S/C20H22ClN5O2/c1-25-17-7-3-2-5-13(17)11-16(19(25)27)24-20(28)23-14-8-10-26(12-14)18-15(21)6-4-9-22-18/h2-7,9,14,16H,8,10-12H2,1H3,(H2,23,24,28). The van der Waals surface area contributed by atoms with Crippen LogP contribution in [0.15, 0.2) is 42.6 Å². The summed E-state index contributed by atoms with van der Waals surface area (Å²) in [7, 11) is 1.73. The fraction of sp³-hybridized carbons (Fsp3) is 0.350. The number of fused-ring (bicyclic) bond motifs is 1. The maximum absolute atomic E-state index is 12.6. The number of carbonyl (C=O) groups is 2. The Kier molecular flexibility index (Phi) is 5.09. The van der Waals surface area contributed by atoms with E-state index in [1.54, 1.807) is 30.3 Å². The molecule has 1 aromatic carbocycles. The first-order valence-electron chi connectivity index (χ1n) is 9.31. The van der Waals surface area contributed by atoms with Gasteiger partial charge in [0.25, 0.3) is 0 Å². The number of likely N-dealkylation sites (N-methyl/N-ethyl adjacent to an activating group) is 1. The van der Waals surface area contributed by atoms with Gasteiger partial charge in [-0.05, 0) is 30.2 Å². The summed E-state index contributed by atoms with van der Waals surface area (Å²) in [5, 5.41) is 6.40. The van der Waals surface area contributed by atoms with Crippen LogP contribution in [0, 0.1) is 0 Å². The summed E-state index contributed by atoms with van der Waals surface area (Å²) in [5.41, 5.74) is 1.94. The fourth-order valence-corrected chi connectivity index (χ4v) is 4.09. The minimum absolute atomic E-state index is 0.0261. The molecule has 2 aromatic rings. The lowest BCUT2D eigenvalue weighted by molar-refractivity contribution is -0.120. The zero-order valence-electron chi connectivity index (χ0n) is 15.6. The van der Waals surface area contributed by atoms with Gasteiger partial charge in [0, 0.05) is 44.5 Å². The van der Waals surface area contributed by atoms with Gasteiger partial charge in [-0.25, -0.2) is 9.78 Å². The van der Waals surface area contributed by atoms with Gasteiger partial charge in [-0.15, -0.1) is 0 Å². The number of anilines is 2. The van der Waals surface area contributed by atoms with Crippen molar-refractivity contribution in [2.24, 2.45) is 0 Å². The third kappa shape index (κ3) is 3.62. The monoisotopic (exact) mass is 399 g/mol. The van der Waals surface area contributed by atoms with Crippen LogP contribution in [0.2, 0.25) is 5.02 Å². The molecule has 3 amide bonds. The van der Waals surface area contributed by atoms with E-state index in [1.807, 2.05) is 24.3 Å². The summed E-state index contributed by atoms with van der Waals surface area (Å²) in [4.78, 5) is 33.1. The Bertz CT molecular complexity index is 906. The van der Waals surface area contributed by atoms with Gasteiger partial charge in [0.05, 0.1) is 5.02 Å². The van der Waals surface area contributed by atoms with Crippen LogP contribution in [0.25, 0.3) is 0 Å². The van der Waals surface area contributed by atoms with Crippen molar-refractivity contribution in [3.8, 4) is 0 Å². The van der Waals surface area contributed by atoms with Crippen LogP contribution in [0.5, 0.6) is 0 Å². The minimum Gasteiger partial charge on any atom is -0.353 e. The highest BCUT2D eigenvalue weighted by atomic mass is 35.5. The number of nitrogens with one attached hydrogen (secondary N) is 2. The van der Waals surface area contributed by atoms with Crippen LogP contribution in [-0.4, -0.2) is 49.1 Å². The van der Waals surface area contributed by atoms with Crippen LogP contribution < -0.4 is 20.4 Å². The Hall–Kier alpha value is -2.80. The van der Waals surface area contributed by atoms with E-state index in [-0.39, 0.29) is 18.0 Å². The molecule has 2 N–H and O–H groups in total. The van der Waals surface area contributed by atoms with Gasteiger partial charge in [0.1, 0.15) is 11.9 Å². The van der Waals surface area contributed by atoms with Gasteiger partial charge in [-0.3, -0.25) is 4.79 Å². The number of aromatic nitrogens is 1. The highest BCUT2D eigenvalue weighted by Crippen LogP contribution is 2.27. The van der Waals surface area contributed by atoms with E-state index < -0.39 is 6.04 Å². The molecule has 2 aliphatic heterocycles. The molecule has 7 nitrogen and oxygen atoms in total. The molecule has 4 rings (SSSR count). The van der Waals surface area contributed by atoms with E-state index in [2.05, 4.69) is 20.5 Å². The second kappa shape index (κ2) is 7.67. The Morgan fingerprint density at radius 2 is 2.04 bits per heavy atom. The van der Waals surface area contributed by atoms with Crippen LogP contribution in [0.3, 0.4) is 0 Å². The third-order valence-electron chi connectivity index (χ3n) is 5.27. The number of carbonyl (C=O) groups excluding carboxylic acids is 2. The molecular weight excluding hydrogens is 378 g/mol. The highest BCUT2D eigenvalue weighted by Gasteiger charge is 2.32. The molecule has 2 atom stereocenters. The summed E-state index contributed by atoms with van der Waals surface area (Å²) < 4.78 is 0. The Morgan fingerprint density at radius 3 is 2.86 bits per heavy atom. The maximum atomic E-state index is 12.6. The smallest absolute Gasteiger partial charge is 0.315 e. The van der Waals surface area contributed by atoms with E-state index in [4.69, 9.17) is 11.6 Å². The lowest BCUT2D eigenvalue weighted by Gasteiger charge is -2.32. The first-order chi connectivity index (χ1) is 13.5. The van der Waals surface area contributed by atoms with Crippen molar-refractivity contribution in [3.63, 3.8) is 0 Å². The zero-order chi connectivity index (χ0) is 19.7. The molecule has 8 heteroatoms. The van der Waals surface area contributed by atoms with Crippen molar-refractivity contribution in [1.82, 2.24) is 15.6 Å². The predicted octanol–water partition coefficient (Wildman–Crippen LogP) is 2.20. The van der Waals surface area contributed by atoms with Crippen molar-refractivity contribution >= 4 is 35.0 Å². The Morgan fingerprint density at radius 1 is 1.21 bits per heavy atom. The largest absolute Gasteiger partial charge is 0.353 e. The van der Waals surface area contributed by atoms with Gasteiger partial charge in [0.15, 0.2) is 0 Å². The average Bonchev–Trinajstić information content (AvgIpc) is 3.14. The molecule has 146 valence electrons. The Labute approximate surface area is 168 Å². The van der Waals surface area contributed by atoms with Crippen molar-refractivity contribution in [2.75, 3.05) is 29.9 Å². The summed E-state index contributed by atoms with van der Waals surface area (Å²) in [6.07, 6.45) is 2.99. The van der Waals surface area contributed by atoms with Crippen molar-refractivity contribution in [3.05, 3.63) is 53.2 Å². The van der Waals surface area contributed by atoms with Crippen LogP contribution >= 0.6 is 11.6 Å². The molecule has 1 fully saturated rings. The van der Waals surface area contributed by atoms with Crippen LogP contribution in [-0.2, 0) is 11.2 Å². The molecular formula is C20H22ClN5O2. The summed E-state index contributed by atoms with van der Waals surface area (Å²) >= 11 is 6.21. The van der Waals surface area contributed by atoms with Gasteiger partial charge in [-0.1, -0.05) is 29.8 Å². The van der Waals surface area contributed by atoms with Gasteiger partial charge < -0.3 is 20.4 Å². The van der Waals surface area contributed by atoms with E-state index in [0.717, 1.165) is 30.0 Å². The fourth-order valence-electron chi connectivity index (χ4n) is 3.85. The normalized spacial score (nSPS) is 21.4. The SMILES string of the molecule is CN1C(=O)C(NC(=O)NC2CCN(c3ncccc3Cl)C2)Cc2ccccc21. The molecule has 3 heterocycles. The maximum Gasteiger partial charge on any atom is 0.315 e. The van der Waals surface area contributed by atoms with Crippen molar-refractivity contribution in [1.29, 1.82) is 0 Å². The lowest BCUT2D eigenvalue weighted by Crippen LogP contribution is -2.55. The number of benzene rings is 1. The van der Waals surface area contributed by atoms with E-state index in [1.165, 1.54) is 0 Å². The number of urea groups is 1. The Balaban J connectivity index is 1.35. The second-order valence-corrected chi connectivity index (χ2v) is 7.55.